The van der Waals surface area contributed by atoms with Gasteiger partial charge in [0.1, 0.15) is 0 Å². The van der Waals surface area contributed by atoms with Crippen LogP contribution >= 0.6 is 0 Å². The standard InChI is InChI=1S/C20H23NO2/c1-4-14(2)19(16-9-6-5-7-10-16)20(23)21-18-12-8-11-17(13-18)15(3)22/h5-14,19H,4H2,1-3H3,(H,21,23). The number of hydrogen-bond acceptors (Lipinski definition) is 2. The van der Waals surface area contributed by atoms with Crippen molar-refractivity contribution in [3.8, 4) is 0 Å². The van der Waals surface area contributed by atoms with Crippen LogP contribution < -0.4 is 5.32 Å². The molecule has 0 heterocycles. The zero-order valence-electron chi connectivity index (χ0n) is 13.9. The number of carbonyl (C=O) groups excluding carboxylic acids is 2. The molecule has 3 heteroatoms. The number of ketones is 1. The summed E-state index contributed by atoms with van der Waals surface area (Å²) in [5.74, 6) is -0.0236. The molecule has 0 aliphatic carbocycles. The van der Waals surface area contributed by atoms with Gasteiger partial charge >= 0.3 is 0 Å². The lowest BCUT2D eigenvalue weighted by Gasteiger charge is -2.23. The molecule has 2 atom stereocenters. The molecule has 0 saturated heterocycles. The third-order valence-corrected chi connectivity index (χ3v) is 4.19. The van der Waals surface area contributed by atoms with Crippen molar-refractivity contribution in [2.75, 3.05) is 5.32 Å². The summed E-state index contributed by atoms with van der Waals surface area (Å²) in [6.45, 7) is 5.69. The molecular weight excluding hydrogens is 286 g/mol. The van der Waals surface area contributed by atoms with Crippen LogP contribution in [0.1, 0.15) is 49.0 Å². The van der Waals surface area contributed by atoms with Crippen molar-refractivity contribution in [1.29, 1.82) is 0 Å². The molecule has 2 aromatic rings. The van der Waals surface area contributed by atoms with Crippen LogP contribution in [0, 0.1) is 5.92 Å². The van der Waals surface area contributed by atoms with Gasteiger partial charge in [-0.3, -0.25) is 9.59 Å². The fourth-order valence-corrected chi connectivity index (χ4v) is 2.67. The predicted octanol–water partition coefficient (Wildman–Crippen LogP) is 4.66. The van der Waals surface area contributed by atoms with Gasteiger partial charge in [0.05, 0.1) is 5.92 Å². The Kier molecular flexibility index (Phi) is 5.69. The Hall–Kier alpha value is -2.42. The second-order valence-electron chi connectivity index (χ2n) is 5.90. The van der Waals surface area contributed by atoms with E-state index in [1.165, 1.54) is 6.92 Å². The van der Waals surface area contributed by atoms with Gasteiger partial charge in [-0.2, -0.15) is 0 Å². The first-order valence-corrected chi connectivity index (χ1v) is 7.99. The smallest absolute Gasteiger partial charge is 0.232 e. The van der Waals surface area contributed by atoms with Gasteiger partial charge in [0.2, 0.25) is 5.91 Å². The molecule has 1 N–H and O–H groups in total. The lowest BCUT2D eigenvalue weighted by Crippen LogP contribution is -2.26. The van der Waals surface area contributed by atoms with Crippen LogP contribution in [0.25, 0.3) is 0 Å². The average molecular weight is 309 g/mol. The normalized spacial score (nSPS) is 13.2. The maximum atomic E-state index is 12.8. The van der Waals surface area contributed by atoms with E-state index in [9.17, 15) is 9.59 Å². The molecule has 0 saturated carbocycles. The fourth-order valence-electron chi connectivity index (χ4n) is 2.67. The average Bonchev–Trinajstić information content (AvgIpc) is 2.56. The number of carbonyl (C=O) groups is 2. The lowest BCUT2D eigenvalue weighted by atomic mass is 9.85. The molecule has 120 valence electrons. The van der Waals surface area contributed by atoms with E-state index >= 15 is 0 Å². The molecule has 1 amide bonds. The minimum absolute atomic E-state index is 0.0114. The van der Waals surface area contributed by atoms with Gasteiger partial charge in [-0.05, 0) is 30.5 Å². The third kappa shape index (κ3) is 4.28. The Morgan fingerprint density at radius 1 is 1.04 bits per heavy atom. The lowest BCUT2D eigenvalue weighted by molar-refractivity contribution is -0.118. The molecule has 0 bridgehead atoms. The Labute approximate surface area is 137 Å². The highest BCUT2D eigenvalue weighted by molar-refractivity contribution is 5.99. The van der Waals surface area contributed by atoms with Crippen LogP contribution in [0.15, 0.2) is 54.6 Å². The van der Waals surface area contributed by atoms with Gasteiger partial charge in [0.15, 0.2) is 5.78 Å². The zero-order valence-corrected chi connectivity index (χ0v) is 13.9. The quantitative estimate of drug-likeness (QED) is 0.789. The van der Waals surface area contributed by atoms with Gasteiger partial charge in [-0.25, -0.2) is 0 Å². The van der Waals surface area contributed by atoms with E-state index in [-0.39, 0.29) is 23.5 Å². The first-order valence-electron chi connectivity index (χ1n) is 7.99. The van der Waals surface area contributed by atoms with Crippen molar-refractivity contribution in [2.24, 2.45) is 5.92 Å². The van der Waals surface area contributed by atoms with Crippen LogP contribution in [-0.2, 0) is 4.79 Å². The number of Topliss-reactive ketones (excluding diaryl/α,β-unsaturated/α-hetero) is 1. The highest BCUT2D eigenvalue weighted by atomic mass is 16.2. The zero-order chi connectivity index (χ0) is 16.8. The summed E-state index contributed by atoms with van der Waals surface area (Å²) < 4.78 is 0. The third-order valence-electron chi connectivity index (χ3n) is 4.19. The predicted molar refractivity (Wildman–Crippen MR) is 93.7 cm³/mol. The number of benzene rings is 2. The second-order valence-corrected chi connectivity index (χ2v) is 5.90. The van der Waals surface area contributed by atoms with Gasteiger partial charge < -0.3 is 5.32 Å². The first kappa shape index (κ1) is 16.9. The molecule has 2 unspecified atom stereocenters. The largest absolute Gasteiger partial charge is 0.326 e. The summed E-state index contributed by atoms with van der Waals surface area (Å²) in [6, 6.07) is 16.9. The summed E-state index contributed by atoms with van der Waals surface area (Å²) in [5, 5.41) is 2.96. The fraction of sp³-hybridized carbons (Fsp3) is 0.300. The van der Waals surface area contributed by atoms with Crippen molar-refractivity contribution in [1.82, 2.24) is 0 Å². The highest BCUT2D eigenvalue weighted by Crippen LogP contribution is 2.28. The second kappa shape index (κ2) is 7.73. The molecule has 2 aromatic carbocycles. The van der Waals surface area contributed by atoms with E-state index < -0.39 is 0 Å². The Morgan fingerprint density at radius 2 is 1.74 bits per heavy atom. The number of amides is 1. The summed E-state index contributed by atoms with van der Waals surface area (Å²) in [6.07, 6.45) is 0.917. The van der Waals surface area contributed by atoms with Crippen LogP contribution in [0.4, 0.5) is 5.69 Å². The number of nitrogens with one attached hydrogen (secondary N) is 1. The molecule has 0 aliphatic rings. The van der Waals surface area contributed by atoms with Crippen molar-refractivity contribution in [2.45, 2.75) is 33.1 Å². The first-order chi connectivity index (χ1) is 11.0. The van der Waals surface area contributed by atoms with Gasteiger partial charge in [0, 0.05) is 11.3 Å². The molecule has 0 aliphatic heterocycles. The SMILES string of the molecule is CCC(C)C(C(=O)Nc1cccc(C(C)=O)c1)c1ccccc1. The van der Waals surface area contributed by atoms with E-state index in [2.05, 4.69) is 19.2 Å². The molecule has 0 aromatic heterocycles. The van der Waals surface area contributed by atoms with E-state index in [1.54, 1.807) is 18.2 Å². The molecule has 0 fully saturated rings. The molecule has 0 spiro atoms. The number of anilines is 1. The van der Waals surface area contributed by atoms with E-state index in [1.807, 2.05) is 36.4 Å². The maximum Gasteiger partial charge on any atom is 0.232 e. The molecule has 0 radical (unpaired) electrons. The number of hydrogen-bond donors (Lipinski definition) is 1. The minimum Gasteiger partial charge on any atom is -0.326 e. The van der Waals surface area contributed by atoms with Gasteiger partial charge in [0.25, 0.3) is 0 Å². The molecule has 3 nitrogen and oxygen atoms in total. The summed E-state index contributed by atoms with van der Waals surface area (Å²) in [5.41, 5.74) is 2.27. The van der Waals surface area contributed by atoms with Crippen molar-refractivity contribution in [3.05, 3.63) is 65.7 Å². The summed E-state index contributed by atoms with van der Waals surface area (Å²) in [7, 11) is 0. The Morgan fingerprint density at radius 3 is 2.35 bits per heavy atom. The van der Waals surface area contributed by atoms with Gasteiger partial charge in [-0.15, -0.1) is 0 Å². The molecule has 2 rings (SSSR count). The Bertz CT molecular complexity index is 679. The molecule has 23 heavy (non-hydrogen) atoms. The van der Waals surface area contributed by atoms with Crippen LogP contribution in [0.5, 0.6) is 0 Å². The van der Waals surface area contributed by atoms with Crippen LogP contribution in [0.2, 0.25) is 0 Å². The van der Waals surface area contributed by atoms with Crippen molar-refractivity contribution in [3.63, 3.8) is 0 Å². The topological polar surface area (TPSA) is 46.2 Å². The monoisotopic (exact) mass is 309 g/mol. The van der Waals surface area contributed by atoms with Crippen molar-refractivity contribution < 1.29 is 9.59 Å². The van der Waals surface area contributed by atoms with E-state index in [0.29, 0.717) is 11.3 Å². The van der Waals surface area contributed by atoms with Crippen LogP contribution in [0.3, 0.4) is 0 Å². The summed E-state index contributed by atoms with van der Waals surface area (Å²) >= 11 is 0. The van der Waals surface area contributed by atoms with Gasteiger partial charge in [-0.1, -0.05) is 62.7 Å². The molecular formula is C20H23NO2. The van der Waals surface area contributed by atoms with E-state index in [0.717, 1.165) is 12.0 Å². The summed E-state index contributed by atoms with van der Waals surface area (Å²) in [4.78, 5) is 24.3. The Balaban J connectivity index is 2.25. The minimum atomic E-state index is -0.206. The number of rotatable bonds is 6. The maximum absolute atomic E-state index is 12.8. The highest BCUT2D eigenvalue weighted by Gasteiger charge is 2.25. The van der Waals surface area contributed by atoms with Crippen molar-refractivity contribution >= 4 is 17.4 Å². The van der Waals surface area contributed by atoms with Crippen LogP contribution in [-0.4, -0.2) is 11.7 Å². The van der Waals surface area contributed by atoms with E-state index in [4.69, 9.17) is 0 Å².